The second-order valence-corrected chi connectivity index (χ2v) is 7.07. The van der Waals surface area contributed by atoms with E-state index in [9.17, 15) is 4.79 Å². The van der Waals surface area contributed by atoms with Crippen molar-refractivity contribution in [3.63, 3.8) is 0 Å². The van der Waals surface area contributed by atoms with E-state index in [0.717, 1.165) is 11.0 Å². The number of Topliss-reactive ketones (excluding diaryl/α,β-unsaturated/α-hetero) is 1. The zero-order chi connectivity index (χ0) is 15.3. The van der Waals surface area contributed by atoms with E-state index < -0.39 is 0 Å². The molecule has 1 rings (SSSR count). The number of carbonyl (C=O) groups excluding carboxylic acids is 1. The summed E-state index contributed by atoms with van der Waals surface area (Å²) >= 11 is 3.42. The van der Waals surface area contributed by atoms with Crippen molar-refractivity contribution in [1.29, 1.82) is 0 Å². The fourth-order valence-electron chi connectivity index (χ4n) is 1.77. The van der Waals surface area contributed by atoms with Crippen molar-refractivity contribution in [3.05, 3.63) is 16.4 Å². The summed E-state index contributed by atoms with van der Waals surface area (Å²) in [6.45, 7) is 8.52. The van der Waals surface area contributed by atoms with E-state index in [4.69, 9.17) is 0 Å². The summed E-state index contributed by atoms with van der Waals surface area (Å²) in [5, 5.41) is 7.60. The summed E-state index contributed by atoms with van der Waals surface area (Å²) in [6.07, 6.45) is 2.17. The monoisotopic (exact) mass is 344 g/mol. The average molecular weight is 345 g/mol. The number of nitrogens with one attached hydrogen (secondary N) is 1. The molecule has 0 saturated carbocycles. The van der Waals surface area contributed by atoms with Crippen molar-refractivity contribution in [2.75, 3.05) is 27.2 Å². The van der Waals surface area contributed by atoms with Crippen LogP contribution in [0, 0.1) is 0 Å². The molecule has 1 N–H and O–H groups in total. The molecule has 0 aliphatic heterocycles. The molecular weight excluding hydrogens is 320 g/mol. The van der Waals surface area contributed by atoms with Gasteiger partial charge in [0, 0.05) is 25.0 Å². The van der Waals surface area contributed by atoms with Gasteiger partial charge in [-0.05, 0) is 50.8 Å². The zero-order valence-corrected chi connectivity index (χ0v) is 14.6. The molecule has 114 valence electrons. The number of halogens is 1. The second kappa shape index (κ2) is 7.33. The van der Waals surface area contributed by atoms with Gasteiger partial charge in [-0.1, -0.05) is 0 Å². The fourth-order valence-corrected chi connectivity index (χ4v) is 2.29. The Morgan fingerprint density at radius 2 is 2.10 bits per heavy atom. The lowest BCUT2D eigenvalue weighted by molar-refractivity contribution is 0.0968. The summed E-state index contributed by atoms with van der Waals surface area (Å²) in [5.41, 5.74) is 0.699. The third-order valence-corrected chi connectivity index (χ3v) is 3.41. The first kappa shape index (κ1) is 17.3. The first-order valence-electron chi connectivity index (χ1n) is 6.85. The van der Waals surface area contributed by atoms with Crippen LogP contribution in [0.3, 0.4) is 0 Å². The van der Waals surface area contributed by atoms with Crippen LogP contribution in [-0.4, -0.2) is 53.2 Å². The Kier molecular flexibility index (Phi) is 6.36. The molecule has 20 heavy (non-hydrogen) atoms. The summed E-state index contributed by atoms with van der Waals surface area (Å²) in [7, 11) is 4.01. The number of nitrogens with zero attached hydrogens (tertiary/aromatic N) is 3. The summed E-state index contributed by atoms with van der Waals surface area (Å²) in [5.74, 6) is 0.116. The summed E-state index contributed by atoms with van der Waals surface area (Å²) in [4.78, 5) is 14.4. The van der Waals surface area contributed by atoms with Crippen molar-refractivity contribution < 1.29 is 4.79 Å². The van der Waals surface area contributed by atoms with Crippen LogP contribution in [0.15, 0.2) is 10.7 Å². The van der Waals surface area contributed by atoms with Crippen LogP contribution in [-0.2, 0) is 6.54 Å². The van der Waals surface area contributed by atoms with Crippen LogP contribution < -0.4 is 5.32 Å². The number of hydrogen-bond acceptors (Lipinski definition) is 4. The Morgan fingerprint density at radius 3 is 2.65 bits per heavy atom. The van der Waals surface area contributed by atoms with Gasteiger partial charge in [0.25, 0.3) is 0 Å². The molecule has 5 nitrogen and oxygen atoms in total. The third kappa shape index (κ3) is 5.73. The van der Waals surface area contributed by atoms with Crippen molar-refractivity contribution in [3.8, 4) is 0 Å². The van der Waals surface area contributed by atoms with Crippen molar-refractivity contribution in [2.24, 2.45) is 0 Å². The number of aromatic nitrogens is 2. The molecule has 1 heterocycles. The van der Waals surface area contributed by atoms with Gasteiger partial charge in [-0.25, -0.2) is 0 Å². The van der Waals surface area contributed by atoms with Gasteiger partial charge in [0.1, 0.15) is 5.69 Å². The average Bonchev–Trinajstić information content (AvgIpc) is 2.66. The smallest absolute Gasteiger partial charge is 0.183 e. The molecule has 0 aliphatic carbocycles. The van der Waals surface area contributed by atoms with E-state index in [1.54, 1.807) is 10.9 Å². The highest BCUT2D eigenvalue weighted by atomic mass is 79.9. The molecule has 1 aromatic heterocycles. The summed E-state index contributed by atoms with van der Waals surface area (Å²) < 4.78 is 2.56. The van der Waals surface area contributed by atoms with Crippen LogP contribution in [0.1, 0.15) is 37.7 Å². The number of likely N-dealkylation sites (N-methyl/N-ethyl adjacent to an activating group) is 1. The van der Waals surface area contributed by atoms with Crippen LogP contribution in [0.4, 0.5) is 0 Å². The minimum Gasteiger partial charge on any atom is -0.312 e. The van der Waals surface area contributed by atoms with E-state index in [2.05, 4.69) is 52.0 Å². The quantitative estimate of drug-likeness (QED) is 0.770. The van der Waals surface area contributed by atoms with Crippen LogP contribution in [0.5, 0.6) is 0 Å². The highest BCUT2D eigenvalue weighted by Gasteiger charge is 2.18. The maximum Gasteiger partial charge on any atom is 0.183 e. The summed E-state index contributed by atoms with van der Waals surface area (Å²) in [6, 6.07) is 0. The maximum atomic E-state index is 12.3. The number of ketones is 1. The minimum absolute atomic E-state index is 0.0304. The SMILES string of the molecule is CN(C)CCn1ncc(Br)c1C(=O)CCNC(C)(C)C. The van der Waals surface area contributed by atoms with E-state index in [1.807, 2.05) is 14.1 Å². The normalized spacial score (nSPS) is 12.2. The Hall–Kier alpha value is -0.720. The molecule has 0 bridgehead atoms. The molecule has 0 atom stereocenters. The lowest BCUT2D eigenvalue weighted by atomic mass is 10.1. The Bertz CT molecular complexity index is 449. The Balaban J connectivity index is 2.65. The molecular formula is C14H25BrN4O. The van der Waals surface area contributed by atoms with Gasteiger partial charge >= 0.3 is 0 Å². The zero-order valence-electron chi connectivity index (χ0n) is 13.0. The lowest BCUT2D eigenvalue weighted by Gasteiger charge is -2.20. The van der Waals surface area contributed by atoms with Crippen LogP contribution in [0.25, 0.3) is 0 Å². The predicted molar refractivity (Wildman–Crippen MR) is 85.2 cm³/mol. The van der Waals surface area contributed by atoms with E-state index in [0.29, 0.717) is 25.2 Å². The van der Waals surface area contributed by atoms with Crippen molar-refractivity contribution in [2.45, 2.75) is 39.3 Å². The lowest BCUT2D eigenvalue weighted by Crippen LogP contribution is -2.37. The minimum atomic E-state index is 0.0304. The topological polar surface area (TPSA) is 50.2 Å². The highest BCUT2D eigenvalue weighted by Crippen LogP contribution is 2.18. The van der Waals surface area contributed by atoms with Gasteiger partial charge in [-0.2, -0.15) is 5.10 Å². The van der Waals surface area contributed by atoms with E-state index in [-0.39, 0.29) is 11.3 Å². The number of hydrogen-bond donors (Lipinski definition) is 1. The first-order valence-corrected chi connectivity index (χ1v) is 7.64. The number of carbonyl (C=O) groups is 1. The molecule has 0 aliphatic rings. The van der Waals surface area contributed by atoms with E-state index >= 15 is 0 Å². The molecule has 0 aromatic carbocycles. The maximum absolute atomic E-state index is 12.3. The van der Waals surface area contributed by atoms with Gasteiger partial charge in [0.2, 0.25) is 0 Å². The Labute approximate surface area is 129 Å². The van der Waals surface area contributed by atoms with Crippen LogP contribution >= 0.6 is 15.9 Å². The van der Waals surface area contributed by atoms with Gasteiger partial charge < -0.3 is 10.2 Å². The van der Waals surface area contributed by atoms with Crippen LogP contribution in [0.2, 0.25) is 0 Å². The third-order valence-electron chi connectivity index (χ3n) is 2.83. The molecule has 0 unspecified atom stereocenters. The van der Waals surface area contributed by atoms with Gasteiger partial charge in [0.05, 0.1) is 17.2 Å². The fraction of sp³-hybridized carbons (Fsp3) is 0.714. The molecule has 0 radical (unpaired) electrons. The first-order chi connectivity index (χ1) is 9.20. The molecule has 0 saturated heterocycles. The molecule has 6 heteroatoms. The largest absolute Gasteiger partial charge is 0.312 e. The van der Waals surface area contributed by atoms with Crippen molar-refractivity contribution in [1.82, 2.24) is 20.0 Å². The predicted octanol–water partition coefficient (Wildman–Crippen LogP) is 2.17. The molecule has 0 fully saturated rings. The second-order valence-electron chi connectivity index (χ2n) is 6.22. The molecule has 1 aromatic rings. The molecule has 0 amide bonds. The number of rotatable bonds is 7. The molecule has 0 spiro atoms. The van der Waals surface area contributed by atoms with Crippen molar-refractivity contribution >= 4 is 21.7 Å². The van der Waals surface area contributed by atoms with E-state index in [1.165, 1.54) is 0 Å². The highest BCUT2D eigenvalue weighted by molar-refractivity contribution is 9.10. The van der Waals surface area contributed by atoms with Gasteiger partial charge in [0.15, 0.2) is 5.78 Å². The van der Waals surface area contributed by atoms with Gasteiger partial charge in [-0.15, -0.1) is 0 Å². The van der Waals surface area contributed by atoms with Gasteiger partial charge in [-0.3, -0.25) is 9.48 Å². The Morgan fingerprint density at radius 1 is 1.45 bits per heavy atom. The standard InChI is InChI=1S/C14H25BrN4O/c1-14(2,3)16-7-6-12(20)13-11(15)10-17-19(13)9-8-18(4)5/h10,16H,6-9H2,1-5H3.